The highest BCUT2D eigenvalue weighted by molar-refractivity contribution is 7.11. The molecule has 0 unspecified atom stereocenters. The minimum atomic E-state index is -0.0784. The van der Waals surface area contributed by atoms with E-state index in [1.165, 1.54) is 6.08 Å². The second-order valence-corrected chi connectivity index (χ2v) is 7.73. The Hall–Kier alpha value is -1.92. The molecule has 0 bridgehead atoms. The average molecular weight is 361 g/mol. The maximum Gasteiger partial charge on any atom is 0.245 e. The average Bonchev–Trinajstić information content (AvgIpc) is 3.32. The molecule has 2 aromatic heterocycles. The van der Waals surface area contributed by atoms with Gasteiger partial charge < -0.3 is 10.2 Å². The first-order chi connectivity index (χ1) is 11.7. The first-order valence-electron chi connectivity index (χ1n) is 7.97. The van der Waals surface area contributed by atoms with Crippen LogP contribution in [-0.2, 0) is 9.59 Å². The van der Waals surface area contributed by atoms with Crippen LogP contribution in [0, 0.1) is 5.92 Å². The maximum absolute atomic E-state index is 12.7. The van der Waals surface area contributed by atoms with Crippen molar-refractivity contribution in [2.75, 3.05) is 13.1 Å². The second kappa shape index (κ2) is 7.77. The number of amides is 2. The maximum atomic E-state index is 12.7. The predicted molar refractivity (Wildman–Crippen MR) is 98.1 cm³/mol. The SMILES string of the molecule is C=CC(=O)N1CCC(C(=O)NC(c2cccs2)c2cccs2)CC1. The largest absolute Gasteiger partial charge is 0.343 e. The van der Waals surface area contributed by atoms with Crippen molar-refractivity contribution in [3.8, 4) is 0 Å². The topological polar surface area (TPSA) is 49.4 Å². The highest BCUT2D eigenvalue weighted by Crippen LogP contribution is 2.30. The summed E-state index contributed by atoms with van der Waals surface area (Å²) in [6, 6.07) is 8.05. The molecule has 6 heteroatoms. The molecule has 0 aromatic carbocycles. The Labute approximate surface area is 149 Å². The molecule has 126 valence electrons. The van der Waals surface area contributed by atoms with Gasteiger partial charge in [0, 0.05) is 28.8 Å². The number of likely N-dealkylation sites (tertiary alicyclic amines) is 1. The summed E-state index contributed by atoms with van der Waals surface area (Å²) in [7, 11) is 0. The van der Waals surface area contributed by atoms with Crippen LogP contribution in [0.2, 0.25) is 0 Å². The highest BCUT2D eigenvalue weighted by atomic mass is 32.1. The summed E-state index contributed by atoms with van der Waals surface area (Å²) in [4.78, 5) is 28.4. The first-order valence-corrected chi connectivity index (χ1v) is 9.73. The summed E-state index contributed by atoms with van der Waals surface area (Å²) in [5.41, 5.74) is 0. The van der Waals surface area contributed by atoms with Gasteiger partial charge in [-0.2, -0.15) is 0 Å². The van der Waals surface area contributed by atoms with Gasteiger partial charge in [-0.05, 0) is 41.8 Å². The van der Waals surface area contributed by atoms with Crippen molar-refractivity contribution >= 4 is 34.5 Å². The van der Waals surface area contributed by atoms with Crippen LogP contribution in [0.25, 0.3) is 0 Å². The smallest absolute Gasteiger partial charge is 0.245 e. The van der Waals surface area contributed by atoms with E-state index in [1.807, 2.05) is 22.9 Å². The van der Waals surface area contributed by atoms with Crippen LogP contribution < -0.4 is 5.32 Å². The van der Waals surface area contributed by atoms with Crippen molar-refractivity contribution in [2.45, 2.75) is 18.9 Å². The Morgan fingerprint density at radius 1 is 1.17 bits per heavy atom. The van der Waals surface area contributed by atoms with Gasteiger partial charge in [-0.3, -0.25) is 9.59 Å². The van der Waals surface area contributed by atoms with Gasteiger partial charge in [0.2, 0.25) is 11.8 Å². The predicted octanol–water partition coefficient (Wildman–Crippen LogP) is 3.44. The fourth-order valence-electron chi connectivity index (χ4n) is 2.94. The number of piperidine rings is 1. The summed E-state index contributed by atoms with van der Waals surface area (Å²) in [5.74, 6) is -0.0160. The van der Waals surface area contributed by atoms with Crippen LogP contribution in [0.1, 0.15) is 28.6 Å². The van der Waals surface area contributed by atoms with Crippen molar-refractivity contribution in [1.82, 2.24) is 10.2 Å². The molecule has 1 fully saturated rings. The van der Waals surface area contributed by atoms with E-state index in [1.54, 1.807) is 27.6 Å². The van der Waals surface area contributed by atoms with Crippen LogP contribution in [0.3, 0.4) is 0 Å². The molecule has 3 rings (SSSR count). The second-order valence-electron chi connectivity index (χ2n) is 5.78. The lowest BCUT2D eigenvalue weighted by atomic mass is 9.95. The third-order valence-electron chi connectivity index (χ3n) is 4.29. The molecule has 1 aliphatic heterocycles. The molecule has 1 saturated heterocycles. The summed E-state index contributed by atoms with van der Waals surface area (Å²) < 4.78 is 0. The zero-order chi connectivity index (χ0) is 16.9. The molecule has 0 atom stereocenters. The fraction of sp³-hybridized carbons (Fsp3) is 0.333. The van der Waals surface area contributed by atoms with Gasteiger partial charge in [0.25, 0.3) is 0 Å². The quantitative estimate of drug-likeness (QED) is 0.831. The molecule has 0 aliphatic carbocycles. The normalized spacial score (nSPS) is 15.5. The van der Waals surface area contributed by atoms with E-state index in [4.69, 9.17) is 0 Å². The Morgan fingerprint density at radius 3 is 2.21 bits per heavy atom. The lowest BCUT2D eigenvalue weighted by molar-refractivity contribution is -0.132. The first kappa shape index (κ1) is 16.9. The molecular formula is C18H20N2O2S2. The lowest BCUT2D eigenvalue weighted by Gasteiger charge is -2.31. The Balaban J connectivity index is 1.65. The zero-order valence-electron chi connectivity index (χ0n) is 13.3. The standard InChI is InChI=1S/C18H20N2O2S2/c1-2-16(21)20-9-7-13(8-10-20)18(22)19-17(14-5-3-11-23-14)15-6-4-12-24-15/h2-6,11-13,17H,1,7-10H2,(H,19,22). The van der Waals surface area contributed by atoms with E-state index in [9.17, 15) is 9.59 Å². The van der Waals surface area contributed by atoms with Gasteiger partial charge in [-0.25, -0.2) is 0 Å². The van der Waals surface area contributed by atoms with Crippen molar-refractivity contribution in [2.24, 2.45) is 5.92 Å². The molecule has 24 heavy (non-hydrogen) atoms. The number of thiophene rings is 2. The van der Waals surface area contributed by atoms with E-state index in [0.717, 1.165) is 9.75 Å². The molecule has 3 heterocycles. The van der Waals surface area contributed by atoms with Crippen LogP contribution in [0.4, 0.5) is 0 Å². The van der Waals surface area contributed by atoms with E-state index >= 15 is 0 Å². The highest BCUT2D eigenvalue weighted by Gasteiger charge is 2.29. The van der Waals surface area contributed by atoms with Gasteiger partial charge >= 0.3 is 0 Å². The molecule has 0 spiro atoms. The van der Waals surface area contributed by atoms with Gasteiger partial charge in [-0.1, -0.05) is 18.7 Å². The van der Waals surface area contributed by atoms with Crippen molar-refractivity contribution in [3.63, 3.8) is 0 Å². The number of hydrogen-bond donors (Lipinski definition) is 1. The van der Waals surface area contributed by atoms with Crippen molar-refractivity contribution < 1.29 is 9.59 Å². The fourth-order valence-corrected chi connectivity index (χ4v) is 4.61. The minimum absolute atomic E-state index is 0.0405. The summed E-state index contributed by atoms with van der Waals surface area (Å²) >= 11 is 3.31. The molecule has 0 saturated carbocycles. The summed E-state index contributed by atoms with van der Waals surface area (Å²) in [6.45, 7) is 4.75. The van der Waals surface area contributed by atoms with Crippen LogP contribution in [0.15, 0.2) is 47.7 Å². The molecule has 2 amide bonds. The monoisotopic (exact) mass is 360 g/mol. The third kappa shape index (κ3) is 3.76. The summed E-state index contributed by atoms with van der Waals surface area (Å²) in [6.07, 6.45) is 2.74. The minimum Gasteiger partial charge on any atom is -0.343 e. The number of carbonyl (C=O) groups excluding carboxylic acids is 2. The van der Waals surface area contributed by atoms with E-state index in [0.29, 0.717) is 25.9 Å². The van der Waals surface area contributed by atoms with E-state index in [-0.39, 0.29) is 23.8 Å². The number of rotatable bonds is 5. The number of hydrogen-bond acceptors (Lipinski definition) is 4. The molecular weight excluding hydrogens is 340 g/mol. The lowest BCUT2D eigenvalue weighted by Crippen LogP contribution is -2.43. The van der Waals surface area contributed by atoms with Gasteiger partial charge in [0.05, 0.1) is 6.04 Å². The van der Waals surface area contributed by atoms with Crippen LogP contribution in [0.5, 0.6) is 0 Å². The molecule has 2 aromatic rings. The Bertz CT molecular complexity index is 652. The van der Waals surface area contributed by atoms with Crippen LogP contribution >= 0.6 is 22.7 Å². The number of nitrogens with one attached hydrogen (secondary N) is 1. The Kier molecular flexibility index (Phi) is 5.48. The van der Waals surface area contributed by atoms with Gasteiger partial charge in [-0.15, -0.1) is 22.7 Å². The third-order valence-corrected chi connectivity index (χ3v) is 6.17. The van der Waals surface area contributed by atoms with Crippen molar-refractivity contribution in [1.29, 1.82) is 0 Å². The van der Waals surface area contributed by atoms with Gasteiger partial charge in [0.1, 0.15) is 0 Å². The molecule has 1 aliphatic rings. The van der Waals surface area contributed by atoms with E-state index in [2.05, 4.69) is 24.0 Å². The number of carbonyl (C=O) groups is 2. The Morgan fingerprint density at radius 2 is 1.75 bits per heavy atom. The van der Waals surface area contributed by atoms with Crippen LogP contribution in [-0.4, -0.2) is 29.8 Å². The molecule has 1 N–H and O–H groups in total. The van der Waals surface area contributed by atoms with E-state index < -0.39 is 0 Å². The molecule has 0 radical (unpaired) electrons. The molecule has 4 nitrogen and oxygen atoms in total. The summed E-state index contributed by atoms with van der Waals surface area (Å²) in [5, 5.41) is 7.27. The zero-order valence-corrected chi connectivity index (χ0v) is 14.9. The van der Waals surface area contributed by atoms with Gasteiger partial charge in [0.15, 0.2) is 0 Å². The number of nitrogens with zero attached hydrogens (tertiary/aromatic N) is 1. The van der Waals surface area contributed by atoms with Crippen molar-refractivity contribution in [3.05, 3.63) is 57.4 Å².